The molecule has 0 aromatic carbocycles. The first kappa shape index (κ1) is 15.0. The lowest BCUT2D eigenvalue weighted by atomic mass is 9.92. The summed E-state index contributed by atoms with van der Waals surface area (Å²) in [5.74, 6) is -0.244. The zero-order chi connectivity index (χ0) is 13.4. The maximum Gasteiger partial charge on any atom is 0.323 e. The van der Waals surface area contributed by atoms with Gasteiger partial charge in [-0.2, -0.15) is 0 Å². The number of hydrogen-bond acceptors (Lipinski definition) is 3. The Kier molecular flexibility index (Phi) is 6.72. The van der Waals surface area contributed by atoms with E-state index in [9.17, 15) is 9.59 Å². The lowest BCUT2D eigenvalue weighted by Crippen LogP contribution is -2.35. The van der Waals surface area contributed by atoms with E-state index in [0.29, 0.717) is 13.0 Å². The average Bonchev–Trinajstić information content (AvgIpc) is 2.36. The molecule has 0 atom stereocenters. The molecule has 0 saturated carbocycles. The molecule has 5 heteroatoms. The zero-order valence-corrected chi connectivity index (χ0v) is 11.2. The molecule has 5 nitrogen and oxygen atoms in total. The number of nitrogens with zero attached hydrogens (tertiary/aromatic N) is 1. The van der Waals surface area contributed by atoms with Gasteiger partial charge in [-0.1, -0.05) is 0 Å². The van der Waals surface area contributed by atoms with E-state index in [1.54, 1.807) is 0 Å². The van der Waals surface area contributed by atoms with Crippen LogP contribution in [0.4, 0.5) is 0 Å². The molecule has 1 fully saturated rings. The van der Waals surface area contributed by atoms with Crippen LogP contribution in [0.25, 0.3) is 0 Å². The summed E-state index contributed by atoms with van der Waals surface area (Å²) < 4.78 is 0. The van der Waals surface area contributed by atoms with Crippen molar-refractivity contribution < 1.29 is 14.7 Å². The second-order valence-corrected chi connectivity index (χ2v) is 4.89. The fourth-order valence-electron chi connectivity index (χ4n) is 2.41. The molecule has 104 valence electrons. The molecule has 0 spiro atoms. The largest absolute Gasteiger partial charge is 0.480 e. The number of amides is 1. The SMILES string of the molecule is CCN(CC(=O)O)C(=O)CCCC1CCNCC1. The molecule has 0 bridgehead atoms. The molecule has 0 aromatic heterocycles. The fourth-order valence-corrected chi connectivity index (χ4v) is 2.41. The van der Waals surface area contributed by atoms with Crippen LogP contribution in [0.15, 0.2) is 0 Å². The second kappa shape index (κ2) is 8.08. The molecule has 2 N–H and O–H groups in total. The maximum atomic E-state index is 11.8. The van der Waals surface area contributed by atoms with Gasteiger partial charge in [0, 0.05) is 13.0 Å². The van der Waals surface area contributed by atoms with Crippen molar-refractivity contribution in [1.82, 2.24) is 10.2 Å². The van der Waals surface area contributed by atoms with Crippen molar-refractivity contribution in [2.24, 2.45) is 5.92 Å². The van der Waals surface area contributed by atoms with Gasteiger partial charge >= 0.3 is 5.97 Å². The van der Waals surface area contributed by atoms with Crippen LogP contribution >= 0.6 is 0 Å². The third-order valence-corrected chi connectivity index (χ3v) is 3.52. The molecule has 18 heavy (non-hydrogen) atoms. The Hall–Kier alpha value is -1.10. The summed E-state index contributed by atoms with van der Waals surface area (Å²) in [6, 6.07) is 0. The Bertz CT molecular complexity index is 275. The van der Waals surface area contributed by atoms with Crippen LogP contribution in [-0.2, 0) is 9.59 Å². The van der Waals surface area contributed by atoms with Crippen LogP contribution in [0.5, 0.6) is 0 Å². The Morgan fingerprint density at radius 1 is 1.33 bits per heavy atom. The Morgan fingerprint density at radius 2 is 2.00 bits per heavy atom. The zero-order valence-electron chi connectivity index (χ0n) is 11.2. The highest BCUT2D eigenvalue weighted by atomic mass is 16.4. The molecule has 1 aliphatic rings. The third kappa shape index (κ3) is 5.49. The van der Waals surface area contributed by atoms with Crippen LogP contribution in [0, 0.1) is 5.92 Å². The number of nitrogens with one attached hydrogen (secondary N) is 1. The van der Waals surface area contributed by atoms with E-state index in [-0.39, 0.29) is 12.5 Å². The molecular formula is C13H24N2O3. The summed E-state index contributed by atoms with van der Waals surface area (Å²) in [5, 5.41) is 12.0. The van der Waals surface area contributed by atoms with Gasteiger partial charge in [-0.25, -0.2) is 0 Å². The fraction of sp³-hybridized carbons (Fsp3) is 0.846. The summed E-state index contributed by atoms with van der Waals surface area (Å²) >= 11 is 0. The minimum Gasteiger partial charge on any atom is -0.480 e. The van der Waals surface area contributed by atoms with Gasteiger partial charge in [0.05, 0.1) is 0 Å². The molecule has 1 rings (SSSR count). The Balaban J connectivity index is 2.20. The van der Waals surface area contributed by atoms with Crippen molar-refractivity contribution in [1.29, 1.82) is 0 Å². The van der Waals surface area contributed by atoms with E-state index >= 15 is 0 Å². The number of aliphatic carboxylic acids is 1. The molecule has 0 radical (unpaired) electrons. The predicted octanol–water partition coefficient (Wildman–Crippen LogP) is 1.09. The predicted molar refractivity (Wildman–Crippen MR) is 69.3 cm³/mol. The van der Waals surface area contributed by atoms with E-state index in [2.05, 4.69) is 5.32 Å². The molecular weight excluding hydrogens is 232 g/mol. The highest BCUT2D eigenvalue weighted by Gasteiger charge is 2.16. The monoisotopic (exact) mass is 256 g/mol. The number of carboxylic acid groups (broad SMARTS) is 1. The summed E-state index contributed by atoms with van der Waals surface area (Å²) in [6.07, 6.45) is 4.82. The van der Waals surface area contributed by atoms with Gasteiger partial charge in [0.15, 0.2) is 0 Å². The molecule has 1 heterocycles. The summed E-state index contributed by atoms with van der Waals surface area (Å²) in [7, 11) is 0. The van der Waals surface area contributed by atoms with Crippen LogP contribution in [0.1, 0.15) is 39.0 Å². The molecule has 0 aromatic rings. The van der Waals surface area contributed by atoms with Gasteiger partial charge in [0.2, 0.25) is 5.91 Å². The number of carbonyl (C=O) groups excluding carboxylic acids is 1. The number of rotatable bonds is 7. The third-order valence-electron chi connectivity index (χ3n) is 3.52. The van der Waals surface area contributed by atoms with Crippen molar-refractivity contribution in [3.05, 3.63) is 0 Å². The Morgan fingerprint density at radius 3 is 2.56 bits per heavy atom. The number of piperidine rings is 1. The van der Waals surface area contributed by atoms with Gasteiger partial charge in [-0.3, -0.25) is 9.59 Å². The van der Waals surface area contributed by atoms with E-state index < -0.39 is 5.97 Å². The van der Waals surface area contributed by atoms with Crippen molar-refractivity contribution >= 4 is 11.9 Å². The van der Waals surface area contributed by atoms with Gasteiger partial charge in [0.1, 0.15) is 6.54 Å². The number of hydrogen-bond donors (Lipinski definition) is 2. The van der Waals surface area contributed by atoms with E-state index in [0.717, 1.165) is 31.8 Å². The van der Waals surface area contributed by atoms with Crippen molar-refractivity contribution in [2.45, 2.75) is 39.0 Å². The van der Waals surface area contributed by atoms with Crippen LogP contribution in [-0.4, -0.2) is 48.1 Å². The lowest BCUT2D eigenvalue weighted by Gasteiger charge is -2.23. The summed E-state index contributed by atoms with van der Waals surface area (Å²) in [5.41, 5.74) is 0. The van der Waals surface area contributed by atoms with Crippen molar-refractivity contribution in [2.75, 3.05) is 26.2 Å². The highest BCUT2D eigenvalue weighted by molar-refractivity contribution is 5.81. The van der Waals surface area contributed by atoms with Crippen LogP contribution in [0.3, 0.4) is 0 Å². The minimum absolute atomic E-state index is 0.0335. The van der Waals surface area contributed by atoms with Crippen molar-refractivity contribution in [3.63, 3.8) is 0 Å². The number of carboxylic acids is 1. The molecule has 1 amide bonds. The van der Waals surface area contributed by atoms with E-state index in [4.69, 9.17) is 5.11 Å². The van der Waals surface area contributed by atoms with Gasteiger partial charge in [0.25, 0.3) is 0 Å². The maximum absolute atomic E-state index is 11.8. The molecule has 1 aliphatic heterocycles. The first-order valence-electron chi connectivity index (χ1n) is 6.83. The smallest absolute Gasteiger partial charge is 0.323 e. The topological polar surface area (TPSA) is 69.6 Å². The van der Waals surface area contributed by atoms with E-state index in [1.165, 1.54) is 17.7 Å². The second-order valence-electron chi connectivity index (χ2n) is 4.89. The van der Waals surface area contributed by atoms with E-state index in [1.807, 2.05) is 6.92 Å². The molecule has 1 saturated heterocycles. The Labute approximate surface area is 109 Å². The van der Waals surface area contributed by atoms with Gasteiger partial charge in [-0.15, -0.1) is 0 Å². The van der Waals surface area contributed by atoms with Gasteiger partial charge in [-0.05, 0) is 51.6 Å². The normalized spacial score (nSPS) is 16.5. The van der Waals surface area contributed by atoms with Crippen molar-refractivity contribution in [3.8, 4) is 0 Å². The number of likely N-dealkylation sites (N-methyl/N-ethyl adjacent to an activating group) is 1. The number of carbonyl (C=O) groups is 2. The van der Waals surface area contributed by atoms with Crippen LogP contribution < -0.4 is 5.32 Å². The average molecular weight is 256 g/mol. The minimum atomic E-state index is -0.941. The van der Waals surface area contributed by atoms with Crippen LogP contribution in [0.2, 0.25) is 0 Å². The standard InChI is InChI=1S/C13H24N2O3/c1-2-15(10-13(17)18)12(16)5-3-4-11-6-8-14-9-7-11/h11,14H,2-10H2,1H3,(H,17,18). The first-order valence-corrected chi connectivity index (χ1v) is 6.83. The molecule has 0 unspecified atom stereocenters. The lowest BCUT2D eigenvalue weighted by molar-refractivity contribution is -0.144. The first-order chi connectivity index (χ1) is 8.63. The summed E-state index contributed by atoms with van der Waals surface area (Å²) in [6.45, 7) is 4.27. The molecule has 0 aliphatic carbocycles. The quantitative estimate of drug-likeness (QED) is 0.715. The summed E-state index contributed by atoms with van der Waals surface area (Å²) in [4.78, 5) is 23.8. The van der Waals surface area contributed by atoms with Gasteiger partial charge < -0.3 is 15.3 Å². The highest BCUT2D eigenvalue weighted by Crippen LogP contribution is 2.18.